The maximum absolute atomic E-state index is 13.4. The largest absolute Gasteiger partial charge is 0.497 e. The van der Waals surface area contributed by atoms with Crippen LogP contribution in [0.2, 0.25) is 0 Å². The van der Waals surface area contributed by atoms with Gasteiger partial charge in [0, 0.05) is 39.4 Å². The highest BCUT2D eigenvalue weighted by Crippen LogP contribution is 2.33. The van der Waals surface area contributed by atoms with Gasteiger partial charge in [0.2, 0.25) is 0 Å². The van der Waals surface area contributed by atoms with Crippen molar-refractivity contribution in [3.63, 3.8) is 0 Å². The Hall–Kier alpha value is -3.33. The van der Waals surface area contributed by atoms with Crippen molar-refractivity contribution in [3.05, 3.63) is 53.9 Å². The molecule has 9 heteroatoms. The molecule has 0 saturated carbocycles. The topological polar surface area (TPSA) is 88.4 Å². The molecule has 0 saturated heterocycles. The van der Waals surface area contributed by atoms with Crippen molar-refractivity contribution >= 4 is 17.6 Å². The number of amides is 3. The van der Waals surface area contributed by atoms with Crippen LogP contribution in [-0.4, -0.2) is 72.1 Å². The molecular formula is C24H33N5O4. The molecule has 1 aliphatic rings. The molecule has 0 aliphatic carbocycles. The van der Waals surface area contributed by atoms with Gasteiger partial charge >= 0.3 is 6.03 Å². The number of ether oxygens (including phenoxy) is 2. The van der Waals surface area contributed by atoms with Crippen LogP contribution < -0.4 is 10.1 Å². The second-order valence-electron chi connectivity index (χ2n) is 8.30. The molecule has 2 aromatic rings. The van der Waals surface area contributed by atoms with Gasteiger partial charge in [0.15, 0.2) is 0 Å². The molecule has 1 aliphatic heterocycles. The van der Waals surface area contributed by atoms with Crippen molar-refractivity contribution in [2.45, 2.75) is 32.4 Å². The SMILES string of the molecule is COCCN(CC(=O)N1N=C(c2cccn2C)CC1c1ccc(OC)cc1)C(=O)NC(C)C. The molecule has 1 unspecified atom stereocenters. The lowest BCUT2D eigenvalue weighted by atomic mass is 10.0. The first-order valence-corrected chi connectivity index (χ1v) is 11.0. The van der Waals surface area contributed by atoms with Crippen molar-refractivity contribution in [1.29, 1.82) is 0 Å². The van der Waals surface area contributed by atoms with Crippen LogP contribution in [0.25, 0.3) is 0 Å². The van der Waals surface area contributed by atoms with E-state index in [1.807, 2.05) is 68.1 Å². The second-order valence-corrected chi connectivity index (χ2v) is 8.30. The summed E-state index contributed by atoms with van der Waals surface area (Å²) in [5.41, 5.74) is 2.73. The van der Waals surface area contributed by atoms with E-state index in [1.54, 1.807) is 14.2 Å². The number of hydrogen-bond donors (Lipinski definition) is 1. The molecule has 33 heavy (non-hydrogen) atoms. The third kappa shape index (κ3) is 5.92. The van der Waals surface area contributed by atoms with Crippen LogP contribution in [0.1, 0.15) is 37.6 Å². The van der Waals surface area contributed by atoms with E-state index in [9.17, 15) is 9.59 Å². The van der Waals surface area contributed by atoms with Crippen molar-refractivity contribution in [1.82, 2.24) is 19.8 Å². The summed E-state index contributed by atoms with van der Waals surface area (Å²) in [6.45, 7) is 4.29. The van der Waals surface area contributed by atoms with E-state index in [0.29, 0.717) is 19.6 Å². The number of aromatic nitrogens is 1. The number of hydrogen-bond acceptors (Lipinski definition) is 5. The Balaban J connectivity index is 1.87. The van der Waals surface area contributed by atoms with Gasteiger partial charge < -0.3 is 24.3 Å². The fourth-order valence-corrected chi connectivity index (χ4v) is 3.77. The highest BCUT2D eigenvalue weighted by Gasteiger charge is 2.35. The second kappa shape index (κ2) is 11.0. The molecule has 0 bridgehead atoms. The zero-order valence-electron chi connectivity index (χ0n) is 19.9. The van der Waals surface area contributed by atoms with Gasteiger partial charge in [0.25, 0.3) is 5.91 Å². The molecule has 3 rings (SSSR count). The van der Waals surface area contributed by atoms with Crippen LogP contribution >= 0.6 is 0 Å². The average molecular weight is 456 g/mol. The summed E-state index contributed by atoms with van der Waals surface area (Å²) in [6, 6.07) is 11.0. The predicted molar refractivity (Wildman–Crippen MR) is 126 cm³/mol. The number of carbonyl (C=O) groups excluding carboxylic acids is 2. The van der Waals surface area contributed by atoms with Crippen LogP contribution in [-0.2, 0) is 16.6 Å². The summed E-state index contributed by atoms with van der Waals surface area (Å²) in [5.74, 6) is 0.490. The summed E-state index contributed by atoms with van der Waals surface area (Å²) < 4.78 is 12.4. The number of methoxy groups -OCH3 is 2. The molecule has 1 aromatic carbocycles. The van der Waals surface area contributed by atoms with E-state index < -0.39 is 0 Å². The van der Waals surface area contributed by atoms with E-state index >= 15 is 0 Å². The quantitative estimate of drug-likeness (QED) is 0.630. The standard InChI is InChI=1S/C24H33N5O4/c1-17(2)25-24(31)28(13-14-32-4)16-23(30)29-22(18-8-10-19(33-5)11-9-18)15-20(26-29)21-7-6-12-27(21)3/h6-12,17,22H,13-16H2,1-5H3,(H,25,31). The first-order chi connectivity index (χ1) is 15.8. The minimum Gasteiger partial charge on any atom is -0.497 e. The molecular weight excluding hydrogens is 422 g/mol. The van der Waals surface area contributed by atoms with Gasteiger partial charge in [-0.05, 0) is 43.7 Å². The zero-order chi connectivity index (χ0) is 24.0. The maximum atomic E-state index is 13.4. The van der Waals surface area contributed by atoms with Crippen LogP contribution in [0.5, 0.6) is 5.75 Å². The van der Waals surface area contributed by atoms with Crippen LogP contribution in [0.15, 0.2) is 47.7 Å². The summed E-state index contributed by atoms with van der Waals surface area (Å²) in [5, 5.41) is 9.06. The average Bonchev–Trinajstić information content (AvgIpc) is 3.42. The first-order valence-electron chi connectivity index (χ1n) is 11.0. The Morgan fingerprint density at radius 1 is 1.21 bits per heavy atom. The Labute approximate surface area is 194 Å². The van der Waals surface area contributed by atoms with Gasteiger partial charge in [0.05, 0.1) is 31.2 Å². The molecule has 1 aromatic heterocycles. The highest BCUT2D eigenvalue weighted by atomic mass is 16.5. The Morgan fingerprint density at radius 2 is 1.94 bits per heavy atom. The summed E-state index contributed by atoms with van der Waals surface area (Å²) in [6.07, 6.45) is 2.53. The molecule has 9 nitrogen and oxygen atoms in total. The normalized spacial score (nSPS) is 15.5. The molecule has 2 heterocycles. The van der Waals surface area contributed by atoms with Crippen molar-refractivity contribution in [2.75, 3.05) is 33.9 Å². The third-order valence-electron chi connectivity index (χ3n) is 5.50. The van der Waals surface area contributed by atoms with Crippen molar-refractivity contribution in [3.8, 4) is 5.75 Å². The lowest BCUT2D eigenvalue weighted by molar-refractivity contribution is -0.133. The number of benzene rings is 1. The van der Waals surface area contributed by atoms with E-state index in [4.69, 9.17) is 14.6 Å². The van der Waals surface area contributed by atoms with Gasteiger partial charge in [-0.25, -0.2) is 9.80 Å². The number of hydrazone groups is 1. The van der Waals surface area contributed by atoms with E-state index in [1.165, 1.54) is 9.91 Å². The predicted octanol–water partition coefficient (Wildman–Crippen LogP) is 2.78. The summed E-state index contributed by atoms with van der Waals surface area (Å²) in [7, 11) is 5.14. The van der Waals surface area contributed by atoms with Gasteiger partial charge in [-0.1, -0.05) is 12.1 Å². The number of nitrogens with zero attached hydrogens (tertiary/aromatic N) is 4. The molecule has 0 fully saturated rings. The Morgan fingerprint density at radius 3 is 2.52 bits per heavy atom. The Kier molecular flexibility index (Phi) is 8.11. The van der Waals surface area contributed by atoms with Crippen LogP contribution in [0.3, 0.4) is 0 Å². The summed E-state index contributed by atoms with van der Waals surface area (Å²) in [4.78, 5) is 27.6. The fourth-order valence-electron chi connectivity index (χ4n) is 3.77. The molecule has 0 spiro atoms. The van der Waals surface area contributed by atoms with Gasteiger partial charge in [-0.15, -0.1) is 0 Å². The zero-order valence-corrected chi connectivity index (χ0v) is 19.9. The number of urea groups is 1. The lowest BCUT2D eigenvalue weighted by Gasteiger charge is -2.27. The van der Waals surface area contributed by atoms with Crippen LogP contribution in [0.4, 0.5) is 4.79 Å². The number of rotatable bonds is 9. The van der Waals surface area contributed by atoms with E-state index in [2.05, 4.69) is 5.32 Å². The van der Waals surface area contributed by atoms with E-state index in [0.717, 1.165) is 22.7 Å². The Bertz CT molecular complexity index is 983. The molecule has 0 radical (unpaired) electrons. The van der Waals surface area contributed by atoms with Crippen LogP contribution in [0, 0.1) is 0 Å². The van der Waals surface area contributed by atoms with E-state index in [-0.39, 0.29) is 30.6 Å². The van der Waals surface area contributed by atoms with Gasteiger partial charge in [0.1, 0.15) is 12.3 Å². The molecule has 1 N–H and O–H groups in total. The fraction of sp³-hybridized carbons (Fsp3) is 0.458. The smallest absolute Gasteiger partial charge is 0.318 e. The van der Waals surface area contributed by atoms with Crippen molar-refractivity contribution in [2.24, 2.45) is 12.1 Å². The highest BCUT2D eigenvalue weighted by molar-refractivity contribution is 6.02. The monoisotopic (exact) mass is 455 g/mol. The summed E-state index contributed by atoms with van der Waals surface area (Å²) >= 11 is 0. The minimum absolute atomic E-state index is 0.0431. The number of nitrogens with one attached hydrogen (secondary N) is 1. The van der Waals surface area contributed by atoms with Gasteiger partial charge in [-0.2, -0.15) is 5.10 Å². The molecule has 3 amide bonds. The number of aryl methyl sites for hydroxylation is 1. The minimum atomic E-state index is -0.303. The van der Waals surface area contributed by atoms with Crippen molar-refractivity contribution < 1.29 is 19.1 Å². The number of carbonyl (C=O) groups is 2. The molecule has 1 atom stereocenters. The molecule has 178 valence electrons. The van der Waals surface area contributed by atoms with Gasteiger partial charge in [-0.3, -0.25) is 4.79 Å². The lowest BCUT2D eigenvalue weighted by Crippen LogP contribution is -2.48. The third-order valence-corrected chi connectivity index (χ3v) is 5.50. The first kappa shape index (κ1) is 24.3. The maximum Gasteiger partial charge on any atom is 0.318 e.